The van der Waals surface area contributed by atoms with Gasteiger partial charge in [-0.1, -0.05) is 0 Å². The molecule has 0 saturated carbocycles. The molecule has 13 heavy (non-hydrogen) atoms. The van der Waals surface area contributed by atoms with Gasteiger partial charge in [0.2, 0.25) is 0 Å². The summed E-state index contributed by atoms with van der Waals surface area (Å²) in [6.45, 7) is 1.65. The van der Waals surface area contributed by atoms with Crippen LogP contribution < -0.4 is 5.73 Å². The van der Waals surface area contributed by atoms with Crippen LogP contribution in [0.25, 0.3) is 0 Å². The highest BCUT2D eigenvalue weighted by Crippen LogP contribution is 2.09. The summed E-state index contributed by atoms with van der Waals surface area (Å²) in [5, 5.41) is 16.0. The van der Waals surface area contributed by atoms with Crippen LogP contribution in [0.5, 0.6) is 0 Å². The second-order valence-corrected chi connectivity index (χ2v) is 2.55. The molecular formula is C7H10N4O2. The minimum atomic E-state index is -0.998. The van der Waals surface area contributed by atoms with Gasteiger partial charge in [-0.05, 0) is 6.92 Å². The third kappa shape index (κ3) is 2.19. The minimum absolute atomic E-state index is 0.00741. The minimum Gasteiger partial charge on any atom is -0.481 e. The Labute approximate surface area is 74.8 Å². The molecule has 0 fully saturated rings. The Balaban J connectivity index is 2.98. The highest BCUT2D eigenvalue weighted by molar-refractivity contribution is 5.75. The van der Waals surface area contributed by atoms with E-state index >= 15 is 0 Å². The topological polar surface area (TPSA) is 102 Å². The van der Waals surface area contributed by atoms with E-state index in [0.717, 1.165) is 0 Å². The number of nitrogens with two attached hydrogens (primary N) is 1. The second-order valence-electron chi connectivity index (χ2n) is 2.55. The number of carboxylic acids is 1. The largest absolute Gasteiger partial charge is 0.481 e. The smallest absolute Gasteiger partial charge is 0.313 e. The number of carbonyl (C=O) groups is 1. The van der Waals surface area contributed by atoms with Gasteiger partial charge in [0.05, 0.1) is 11.9 Å². The number of aryl methyl sites for hydroxylation is 1. The van der Waals surface area contributed by atoms with Crippen molar-refractivity contribution in [3.05, 3.63) is 17.7 Å². The first-order valence-corrected chi connectivity index (χ1v) is 3.74. The van der Waals surface area contributed by atoms with Gasteiger partial charge in [0.1, 0.15) is 11.7 Å². The molecule has 0 aliphatic carbocycles. The van der Waals surface area contributed by atoms with E-state index in [9.17, 15) is 4.79 Å². The Morgan fingerprint density at radius 3 is 2.92 bits per heavy atom. The Morgan fingerprint density at radius 1 is 1.77 bits per heavy atom. The number of aliphatic carboxylic acids is 1. The number of aromatic nitrogens is 3. The third-order valence-corrected chi connectivity index (χ3v) is 1.57. The molecule has 1 rings (SSSR count). The van der Waals surface area contributed by atoms with Gasteiger partial charge in [0.15, 0.2) is 0 Å². The van der Waals surface area contributed by atoms with Crippen molar-refractivity contribution in [2.24, 2.45) is 5.73 Å². The molecular weight excluding hydrogens is 172 g/mol. The molecule has 1 atom stereocenters. The maximum Gasteiger partial charge on any atom is 0.313 e. The van der Waals surface area contributed by atoms with Crippen molar-refractivity contribution >= 4 is 5.97 Å². The molecule has 0 amide bonds. The Bertz CT molecular complexity index is 315. The zero-order valence-electron chi connectivity index (χ0n) is 7.14. The van der Waals surface area contributed by atoms with Crippen molar-refractivity contribution in [2.45, 2.75) is 12.8 Å². The summed E-state index contributed by atoms with van der Waals surface area (Å²) in [6.07, 6.45) is 1.32. The van der Waals surface area contributed by atoms with Gasteiger partial charge in [0.25, 0.3) is 0 Å². The van der Waals surface area contributed by atoms with E-state index in [-0.39, 0.29) is 6.54 Å². The molecule has 0 radical (unpaired) electrons. The van der Waals surface area contributed by atoms with Crippen LogP contribution in [0.15, 0.2) is 6.20 Å². The van der Waals surface area contributed by atoms with Crippen molar-refractivity contribution in [2.75, 3.05) is 6.54 Å². The molecule has 70 valence electrons. The highest BCUT2D eigenvalue weighted by Gasteiger charge is 2.19. The fourth-order valence-corrected chi connectivity index (χ4v) is 0.926. The maximum atomic E-state index is 10.7. The molecule has 0 bridgehead atoms. The van der Waals surface area contributed by atoms with E-state index in [1.54, 1.807) is 6.92 Å². The van der Waals surface area contributed by atoms with Gasteiger partial charge in [0, 0.05) is 6.54 Å². The van der Waals surface area contributed by atoms with Crippen molar-refractivity contribution in [1.82, 2.24) is 15.2 Å². The fourth-order valence-electron chi connectivity index (χ4n) is 0.926. The third-order valence-electron chi connectivity index (χ3n) is 1.57. The first kappa shape index (κ1) is 9.53. The quantitative estimate of drug-likeness (QED) is 0.641. The lowest BCUT2D eigenvalue weighted by Gasteiger charge is -2.07. The van der Waals surface area contributed by atoms with Crippen molar-refractivity contribution in [3.63, 3.8) is 0 Å². The van der Waals surface area contributed by atoms with Gasteiger partial charge in [-0.3, -0.25) is 4.79 Å². The number of rotatable bonds is 3. The number of carboxylic acid groups (broad SMARTS) is 1. The molecule has 1 unspecified atom stereocenters. The molecule has 0 aliphatic rings. The van der Waals surface area contributed by atoms with Crippen LogP contribution in [-0.4, -0.2) is 32.8 Å². The van der Waals surface area contributed by atoms with Gasteiger partial charge >= 0.3 is 5.97 Å². The van der Waals surface area contributed by atoms with Crippen molar-refractivity contribution in [1.29, 1.82) is 0 Å². The summed E-state index contributed by atoms with van der Waals surface area (Å²) >= 11 is 0. The molecule has 0 aromatic carbocycles. The standard InChI is InChI=1S/C7H10N4O2/c1-4-10-6(3-9-11-4)5(2-8)7(12)13/h3,5H,2,8H2,1H3,(H,12,13). The lowest BCUT2D eigenvalue weighted by atomic mass is 10.1. The zero-order valence-corrected chi connectivity index (χ0v) is 7.14. The zero-order chi connectivity index (χ0) is 9.84. The van der Waals surface area contributed by atoms with Crippen molar-refractivity contribution < 1.29 is 9.90 Å². The predicted octanol–water partition coefficient (Wildman–Crippen LogP) is -0.693. The maximum absolute atomic E-state index is 10.7. The van der Waals surface area contributed by atoms with E-state index in [0.29, 0.717) is 11.5 Å². The molecule has 6 nitrogen and oxygen atoms in total. The predicted molar refractivity (Wildman–Crippen MR) is 44.0 cm³/mol. The lowest BCUT2D eigenvalue weighted by Crippen LogP contribution is -2.22. The van der Waals surface area contributed by atoms with E-state index in [1.807, 2.05) is 0 Å². The summed E-state index contributed by atoms with van der Waals surface area (Å²) in [7, 11) is 0. The number of hydrogen-bond donors (Lipinski definition) is 2. The van der Waals surface area contributed by atoms with E-state index in [4.69, 9.17) is 10.8 Å². The van der Waals surface area contributed by atoms with Crippen LogP contribution in [-0.2, 0) is 4.79 Å². The van der Waals surface area contributed by atoms with Gasteiger partial charge in [-0.15, -0.1) is 5.10 Å². The molecule has 3 N–H and O–H groups in total. The average molecular weight is 182 g/mol. The van der Waals surface area contributed by atoms with E-state index in [1.165, 1.54) is 6.20 Å². The molecule has 0 spiro atoms. The van der Waals surface area contributed by atoms with Crippen LogP contribution in [0.3, 0.4) is 0 Å². The number of hydrogen-bond acceptors (Lipinski definition) is 5. The number of nitrogens with zero attached hydrogens (tertiary/aromatic N) is 3. The monoisotopic (exact) mass is 182 g/mol. The molecule has 6 heteroatoms. The van der Waals surface area contributed by atoms with Crippen LogP contribution in [0.1, 0.15) is 17.4 Å². The first-order chi connectivity index (χ1) is 6.15. The summed E-state index contributed by atoms with van der Waals surface area (Å²) in [5.74, 6) is -1.35. The van der Waals surface area contributed by atoms with Gasteiger partial charge in [-0.25, -0.2) is 4.98 Å². The molecule has 1 aromatic rings. The van der Waals surface area contributed by atoms with Gasteiger partial charge in [-0.2, -0.15) is 5.10 Å². The van der Waals surface area contributed by atoms with Crippen LogP contribution in [0.2, 0.25) is 0 Å². The van der Waals surface area contributed by atoms with E-state index in [2.05, 4.69) is 15.2 Å². The Kier molecular flexibility index (Phi) is 2.86. The Hall–Kier alpha value is -1.56. The average Bonchev–Trinajstić information content (AvgIpc) is 2.04. The van der Waals surface area contributed by atoms with Crippen LogP contribution in [0.4, 0.5) is 0 Å². The molecule has 0 saturated heterocycles. The fraction of sp³-hybridized carbons (Fsp3) is 0.429. The molecule has 1 aromatic heterocycles. The van der Waals surface area contributed by atoms with Crippen molar-refractivity contribution in [3.8, 4) is 0 Å². The summed E-state index contributed by atoms with van der Waals surface area (Å²) in [4.78, 5) is 14.6. The normalized spacial score (nSPS) is 12.5. The summed E-state index contributed by atoms with van der Waals surface area (Å²) < 4.78 is 0. The van der Waals surface area contributed by atoms with E-state index < -0.39 is 11.9 Å². The first-order valence-electron chi connectivity index (χ1n) is 3.74. The summed E-state index contributed by atoms with van der Waals surface area (Å²) in [5.41, 5.74) is 5.64. The second kappa shape index (κ2) is 3.90. The molecule has 0 aliphatic heterocycles. The van der Waals surface area contributed by atoms with Gasteiger partial charge < -0.3 is 10.8 Å². The van der Waals surface area contributed by atoms with Crippen LogP contribution in [0, 0.1) is 6.92 Å². The summed E-state index contributed by atoms with van der Waals surface area (Å²) in [6, 6.07) is 0. The SMILES string of the molecule is Cc1nncc(C(CN)C(=O)O)n1. The molecule has 1 heterocycles. The lowest BCUT2D eigenvalue weighted by molar-refractivity contribution is -0.138. The Morgan fingerprint density at radius 2 is 2.46 bits per heavy atom. The highest BCUT2D eigenvalue weighted by atomic mass is 16.4. The van der Waals surface area contributed by atoms with Crippen LogP contribution >= 0.6 is 0 Å².